The number of alkyl carbamates (subject to hydrolysis) is 1. The number of ether oxygens (including phenoxy) is 2. The van der Waals surface area contributed by atoms with Crippen molar-refractivity contribution >= 4 is 11.9 Å². The topological polar surface area (TPSA) is 64.6 Å². The molecule has 5 heteroatoms. The molecule has 1 N–H and O–H groups in total. The van der Waals surface area contributed by atoms with Crippen LogP contribution < -0.4 is 5.32 Å². The number of benzene rings is 1. The third kappa shape index (κ3) is 3.65. The van der Waals surface area contributed by atoms with Crippen molar-refractivity contribution in [1.82, 2.24) is 5.32 Å². The molecule has 22 heavy (non-hydrogen) atoms. The van der Waals surface area contributed by atoms with Gasteiger partial charge in [-0.3, -0.25) is 4.79 Å². The minimum atomic E-state index is -0.522. The Labute approximate surface area is 130 Å². The van der Waals surface area contributed by atoms with Crippen molar-refractivity contribution in [2.75, 3.05) is 13.2 Å². The van der Waals surface area contributed by atoms with Gasteiger partial charge in [-0.05, 0) is 36.3 Å². The van der Waals surface area contributed by atoms with Crippen LogP contribution in [0.4, 0.5) is 4.79 Å². The Morgan fingerprint density at radius 1 is 1.18 bits per heavy atom. The van der Waals surface area contributed by atoms with Crippen LogP contribution in [-0.4, -0.2) is 31.1 Å². The van der Waals surface area contributed by atoms with E-state index in [2.05, 4.69) is 17.4 Å². The Kier molecular flexibility index (Phi) is 4.73. The molecule has 1 saturated carbocycles. The fraction of sp³-hybridized carbons (Fsp3) is 0.529. The van der Waals surface area contributed by atoms with Crippen molar-refractivity contribution in [3.05, 3.63) is 35.4 Å². The molecule has 0 radical (unpaired) electrons. The number of ketones is 1. The first kappa shape index (κ1) is 15.0. The molecule has 0 aromatic heterocycles. The van der Waals surface area contributed by atoms with E-state index in [0.29, 0.717) is 18.8 Å². The first-order chi connectivity index (χ1) is 10.7. The zero-order chi connectivity index (χ0) is 15.4. The molecule has 118 valence electrons. The molecule has 3 rings (SSSR count). The molecular formula is C17H21NO4. The van der Waals surface area contributed by atoms with Gasteiger partial charge < -0.3 is 14.8 Å². The molecule has 5 nitrogen and oxygen atoms in total. The Bertz CT molecular complexity index is 534. The number of carbonyl (C=O) groups is 2. The van der Waals surface area contributed by atoms with Gasteiger partial charge in [0.05, 0.1) is 6.04 Å². The Balaban J connectivity index is 1.46. The molecule has 1 amide bonds. The van der Waals surface area contributed by atoms with Crippen LogP contribution in [0.1, 0.15) is 42.7 Å². The van der Waals surface area contributed by atoms with Crippen LogP contribution in [0.5, 0.6) is 0 Å². The largest absolute Gasteiger partial charge is 0.445 e. The van der Waals surface area contributed by atoms with E-state index in [9.17, 15) is 9.59 Å². The van der Waals surface area contributed by atoms with E-state index in [1.165, 1.54) is 5.56 Å². The second kappa shape index (κ2) is 6.92. The molecular weight excluding hydrogens is 282 g/mol. The molecule has 1 aliphatic carbocycles. The monoisotopic (exact) mass is 303 g/mol. The van der Waals surface area contributed by atoms with Gasteiger partial charge >= 0.3 is 6.09 Å². The van der Waals surface area contributed by atoms with E-state index < -0.39 is 6.09 Å². The van der Waals surface area contributed by atoms with E-state index in [4.69, 9.17) is 9.47 Å². The van der Waals surface area contributed by atoms with Crippen LogP contribution >= 0.6 is 0 Å². The van der Waals surface area contributed by atoms with Gasteiger partial charge in [-0.15, -0.1) is 0 Å². The molecule has 2 fully saturated rings. The van der Waals surface area contributed by atoms with Gasteiger partial charge in [0.2, 0.25) is 0 Å². The van der Waals surface area contributed by atoms with Crippen molar-refractivity contribution in [2.24, 2.45) is 0 Å². The summed E-state index contributed by atoms with van der Waals surface area (Å²) < 4.78 is 10.5. The van der Waals surface area contributed by atoms with E-state index in [0.717, 1.165) is 31.6 Å². The Morgan fingerprint density at radius 3 is 2.50 bits per heavy atom. The summed E-state index contributed by atoms with van der Waals surface area (Å²) >= 11 is 0. The molecule has 1 saturated heterocycles. The van der Waals surface area contributed by atoms with Gasteiger partial charge in [0.1, 0.15) is 6.61 Å². The van der Waals surface area contributed by atoms with Crippen LogP contribution in [0, 0.1) is 0 Å². The van der Waals surface area contributed by atoms with Crippen LogP contribution in [0.3, 0.4) is 0 Å². The summed E-state index contributed by atoms with van der Waals surface area (Å²) in [4.78, 5) is 22.7. The maximum Gasteiger partial charge on any atom is 0.408 e. The van der Waals surface area contributed by atoms with Crippen molar-refractivity contribution in [3.63, 3.8) is 0 Å². The van der Waals surface area contributed by atoms with Crippen LogP contribution in [-0.2, 0) is 20.9 Å². The SMILES string of the molecule is O=C(N[C@H]1CCC1=O)OCc1ccc(C2CCOCC2)cc1. The zero-order valence-corrected chi connectivity index (χ0v) is 12.5. The second-order valence-electron chi connectivity index (χ2n) is 5.91. The normalized spacial score (nSPS) is 22.0. The lowest BCUT2D eigenvalue weighted by atomic mass is 9.91. The summed E-state index contributed by atoms with van der Waals surface area (Å²) in [5.41, 5.74) is 2.27. The van der Waals surface area contributed by atoms with Gasteiger partial charge in [-0.25, -0.2) is 4.79 Å². The molecule has 1 aromatic rings. The molecule has 0 spiro atoms. The van der Waals surface area contributed by atoms with Gasteiger partial charge in [0, 0.05) is 19.6 Å². The summed E-state index contributed by atoms with van der Waals surface area (Å²) in [6.07, 6.45) is 2.87. The number of Topliss-reactive ketones (excluding diaryl/α,β-unsaturated/α-hetero) is 1. The average Bonchev–Trinajstić information content (AvgIpc) is 2.58. The Morgan fingerprint density at radius 2 is 1.91 bits per heavy atom. The van der Waals surface area contributed by atoms with E-state index in [-0.39, 0.29) is 18.4 Å². The molecule has 0 unspecified atom stereocenters. The predicted molar refractivity (Wildman–Crippen MR) is 80.6 cm³/mol. The fourth-order valence-corrected chi connectivity index (χ4v) is 2.81. The quantitative estimate of drug-likeness (QED) is 0.928. The van der Waals surface area contributed by atoms with Crippen molar-refractivity contribution in [3.8, 4) is 0 Å². The van der Waals surface area contributed by atoms with Gasteiger partial charge in [-0.1, -0.05) is 24.3 Å². The van der Waals surface area contributed by atoms with Gasteiger partial charge in [0.25, 0.3) is 0 Å². The highest BCUT2D eigenvalue weighted by Gasteiger charge is 2.29. The first-order valence-corrected chi connectivity index (χ1v) is 7.85. The highest BCUT2D eigenvalue weighted by atomic mass is 16.5. The van der Waals surface area contributed by atoms with Crippen LogP contribution in [0.15, 0.2) is 24.3 Å². The maximum absolute atomic E-state index is 11.6. The predicted octanol–water partition coefficient (Wildman–Crippen LogP) is 2.54. The molecule has 1 aromatic carbocycles. The van der Waals surface area contributed by atoms with Gasteiger partial charge in [0.15, 0.2) is 5.78 Å². The number of rotatable bonds is 4. The lowest BCUT2D eigenvalue weighted by Gasteiger charge is -2.24. The summed E-state index contributed by atoms with van der Waals surface area (Å²) in [7, 11) is 0. The first-order valence-electron chi connectivity index (χ1n) is 7.85. The summed E-state index contributed by atoms with van der Waals surface area (Å²) in [5, 5.41) is 2.57. The standard InChI is InChI=1S/C17H21NO4/c19-16-6-5-15(16)18-17(20)22-11-12-1-3-13(4-2-12)14-7-9-21-10-8-14/h1-4,14-15H,5-11H2,(H,18,20)/t15-/m0/s1. The minimum absolute atomic E-state index is 0.0813. The molecule has 0 bridgehead atoms. The fourth-order valence-electron chi connectivity index (χ4n) is 2.81. The smallest absolute Gasteiger partial charge is 0.408 e. The van der Waals surface area contributed by atoms with E-state index in [1.54, 1.807) is 0 Å². The summed E-state index contributed by atoms with van der Waals surface area (Å²) in [5.74, 6) is 0.648. The number of hydrogen-bond donors (Lipinski definition) is 1. The molecule has 1 atom stereocenters. The average molecular weight is 303 g/mol. The minimum Gasteiger partial charge on any atom is -0.445 e. The highest BCUT2D eigenvalue weighted by molar-refractivity contribution is 5.92. The van der Waals surface area contributed by atoms with Gasteiger partial charge in [-0.2, -0.15) is 0 Å². The third-order valence-electron chi connectivity index (χ3n) is 4.40. The zero-order valence-electron chi connectivity index (χ0n) is 12.5. The molecule has 2 aliphatic rings. The summed E-state index contributed by atoms with van der Waals surface area (Å²) in [6.45, 7) is 1.88. The summed E-state index contributed by atoms with van der Waals surface area (Å²) in [6, 6.07) is 7.84. The van der Waals surface area contributed by atoms with Crippen LogP contribution in [0.25, 0.3) is 0 Å². The second-order valence-corrected chi connectivity index (χ2v) is 5.91. The third-order valence-corrected chi connectivity index (χ3v) is 4.40. The molecule has 1 aliphatic heterocycles. The van der Waals surface area contributed by atoms with Crippen molar-refractivity contribution in [2.45, 2.75) is 44.2 Å². The number of carbonyl (C=O) groups excluding carboxylic acids is 2. The highest BCUT2D eigenvalue weighted by Crippen LogP contribution is 2.26. The number of hydrogen-bond acceptors (Lipinski definition) is 4. The van der Waals surface area contributed by atoms with Crippen LogP contribution in [0.2, 0.25) is 0 Å². The lowest BCUT2D eigenvalue weighted by Crippen LogP contribution is -2.47. The number of nitrogens with one attached hydrogen (secondary N) is 1. The number of amides is 1. The van der Waals surface area contributed by atoms with E-state index in [1.807, 2.05) is 12.1 Å². The van der Waals surface area contributed by atoms with E-state index >= 15 is 0 Å². The van der Waals surface area contributed by atoms with Crippen molar-refractivity contribution in [1.29, 1.82) is 0 Å². The van der Waals surface area contributed by atoms with Crippen molar-refractivity contribution < 1.29 is 19.1 Å². The Hall–Kier alpha value is -1.88. The maximum atomic E-state index is 11.6. The molecule has 1 heterocycles. The lowest BCUT2D eigenvalue weighted by molar-refractivity contribution is -0.126.